The molecule has 1 aliphatic heterocycles. The first-order valence-electron chi connectivity index (χ1n) is 4.49. The van der Waals surface area contributed by atoms with Crippen LogP contribution in [0.4, 0.5) is 0 Å². The number of nitrogens with zero attached hydrogens (tertiary/aromatic N) is 1. The molecule has 0 aromatic heterocycles. The summed E-state index contributed by atoms with van der Waals surface area (Å²) in [5, 5.41) is 8.01. The van der Waals surface area contributed by atoms with Gasteiger partial charge in [-0.2, -0.15) is 0 Å². The van der Waals surface area contributed by atoms with Gasteiger partial charge in [0.2, 0.25) is 5.91 Å². The Kier molecular flexibility index (Phi) is 5.78. The van der Waals surface area contributed by atoms with E-state index < -0.39 is 5.97 Å². The van der Waals surface area contributed by atoms with Crippen molar-refractivity contribution in [2.75, 3.05) is 6.54 Å². The molecule has 1 saturated heterocycles. The van der Waals surface area contributed by atoms with Gasteiger partial charge < -0.3 is 10.0 Å². The molecule has 0 saturated carbocycles. The highest BCUT2D eigenvalue weighted by Gasteiger charge is 2.15. The first-order chi connectivity index (χ1) is 7.02. The van der Waals surface area contributed by atoms with Gasteiger partial charge in [-0.15, -0.1) is 0 Å². The largest absolute Gasteiger partial charge is 0.478 e. The lowest BCUT2D eigenvalue weighted by Gasteiger charge is -2.05. The Balaban J connectivity index is 0.000000265. The topological polar surface area (TPSA) is 57.6 Å². The van der Waals surface area contributed by atoms with Gasteiger partial charge >= 0.3 is 5.97 Å². The van der Waals surface area contributed by atoms with E-state index in [1.54, 1.807) is 11.1 Å². The fourth-order valence-electron chi connectivity index (χ4n) is 0.949. The molecule has 1 amide bonds. The molecule has 1 rings (SSSR count). The molecule has 0 aromatic rings. The lowest BCUT2D eigenvalue weighted by atomic mass is 10.3. The zero-order valence-electron chi connectivity index (χ0n) is 8.61. The van der Waals surface area contributed by atoms with Gasteiger partial charge in [0.05, 0.1) is 5.57 Å². The van der Waals surface area contributed by atoms with Crippen molar-refractivity contribution in [3.8, 4) is 0 Å². The van der Waals surface area contributed by atoms with Gasteiger partial charge in [-0.1, -0.05) is 25.8 Å². The third-order valence-corrected chi connectivity index (χ3v) is 1.85. The van der Waals surface area contributed by atoms with Crippen LogP contribution in [-0.2, 0) is 9.59 Å². The van der Waals surface area contributed by atoms with Crippen LogP contribution in [-0.4, -0.2) is 28.4 Å². The number of rotatable bonds is 3. The highest BCUT2D eigenvalue weighted by atomic mass is 16.4. The van der Waals surface area contributed by atoms with Crippen LogP contribution in [0, 0.1) is 0 Å². The molecular formula is C11H15NO3. The monoisotopic (exact) mass is 209 g/mol. The molecule has 15 heavy (non-hydrogen) atoms. The van der Waals surface area contributed by atoms with Gasteiger partial charge in [0.25, 0.3) is 0 Å². The summed E-state index contributed by atoms with van der Waals surface area (Å²) in [4.78, 5) is 22.1. The van der Waals surface area contributed by atoms with Gasteiger partial charge in [0.15, 0.2) is 0 Å². The molecule has 1 fully saturated rings. The first kappa shape index (κ1) is 13.2. The minimum atomic E-state index is -1.02. The number of carboxylic acid groups (broad SMARTS) is 1. The van der Waals surface area contributed by atoms with Gasteiger partial charge in [0, 0.05) is 13.0 Å². The molecular weight excluding hydrogens is 194 g/mol. The van der Waals surface area contributed by atoms with Crippen molar-refractivity contribution in [1.82, 2.24) is 4.90 Å². The number of amides is 1. The second-order valence-corrected chi connectivity index (χ2v) is 2.91. The lowest BCUT2D eigenvalue weighted by Crippen LogP contribution is -2.16. The van der Waals surface area contributed by atoms with Crippen molar-refractivity contribution in [2.45, 2.75) is 12.8 Å². The van der Waals surface area contributed by atoms with Crippen molar-refractivity contribution < 1.29 is 14.7 Å². The summed E-state index contributed by atoms with van der Waals surface area (Å²) in [6.07, 6.45) is 4.48. The summed E-state index contributed by atoms with van der Waals surface area (Å²) < 4.78 is 0. The maximum Gasteiger partial charge on any atom is 0.335 e. The summed E-state index contributed by atoms with van der Waals surface area (Å²) in [7, 11) is 0. The van der Waals surface area contributed by atoms with E-state index in [-0.39, 0.29) is 11.5 Å². The minimum absolute atomic E-state index is 0.0278. The first-order valence-corrected chi connectivity index (χ1v) is 4.49. The Morgan fingerprint density at radius 1 is 1.47 bits per heavy atom. The summed E-state index contributed by atoms with van der Waals surface area (Å²) in [6, 6.07) is 0. The van der Waals surface area contributed by atoms with Crippen LogP contribution in [0.15, 0.2) is 37.6 Å². The molecule has 1 aliphatic rings. The van der Waals surface area contributed by atoms with Crippen LogP contribution < -0.4 is 0 Å². The fourth-order valence-corrected chi connectivity index (χ4v) is 0.949. The zero-order chi connectivity index (χ0) is 11.8. The second kappa shape index (κ2) is 6.59. The average Bonchev–Trinajstić information content (AvgIpc) is 2.63. The van der Waals surface area contributed by atoms with E-state index in [2.05, 4.69) is 19.7 Å². The standard InChI is InChI=1S/C6H9NO.C5H6O2/c1-2-7-5-3-4-6(7)8;1-3-4(2)5(6)7/h2H,1,3-5H2;3H,1-2H2,(H,6,7). The number of hydrogen-bond acceptors (Lipinski definition) is 2. The maximum absolute atomic E-state index is 10.7. The van der Waals surface area contributed by atoms with Crippen LogP contribution in [0.5, 0.6) is 0 Å². The normalized spacial score (nSPS) is 13.9. The molecule has 4 heteroatoms. The van der Waals surface area contributed by atoms with Crippen LogP contribution in [0.2, 0.25) is 0 Å². The van der Waals surface area contributed by atoms with E-state index >= 15 is 0 Å². The molecule has 1 N–H and O–H groups in total. The van der Waals surface area contributed by atoms with E-state index in [1.807, 2.05) is 0 Å². The molecule has 0 radical (unpaired) electrons. The van der Waals surface area contributed by atoms with E-state index in [0.717, 1.165) is 13.0 Å². The summed E-state index contributed by atoms with van der Waals surface area (Å²) >= 11 is 0. The molecule has 4 nitrogen and oxygen atoms in total. The molecule has 0 atom stereocenters. The Labute approximate surface area is 89.2 Å². The fraction of sp³-hybridized carbons (Fsp3) is 0.273. The van der Waals surface area contributed by atoms with Gasteiger partial charge in [-0.25, -0.2) is 4.79 Å². The number of carbonyl (C=O) groups is 2. The van der Waals surface area contributed by atoms with Crippen LogP contribution in [0.25, 0.3) is 0 Å². The second-order valence-electron chi connectivity index (χ2n) is 2.91. The van der Waals surface area contributed by atoms with Crippen molar-refractivity contribution >= 4 is 11.9 Å². The van der Waals surface area contributed by atoms with Crippen LogP contribution >= 0.6 is 0 Å². The number of aliphatic carboxylic acids is 1. The van der Waals surface area contributed by atoms with Crippen molar-refractivity contribution in [2.24, 2.45) is 0 Å². The van der Waals surface area contributed by atoms with Crippen LogP contribution in [0.1, 0.15) is 12.8 Å². The zero-order valence-corrected chi connectivity index (χ0v) is 8.61. The third kappa shape index (κ3) is 4.81. The summed E-state index contributed by atoms with van der Waals surface area (Å²) in [5.74, 6) is -0.810. The highest BCUT2D eigenvalue weighted by Crippen LogP contribution is 2.08. The Morgan fingerprint density at radius 2 is 2.07 bits per heavy atom. The smallest absolute Gasteiger partial charge is 0.335 e. The molecule has 0 aromatic carbocycles. The van der Waals surface area contributed by atoms with Crippen molar-refractivity contribution in [1.29, 1.82) is 0 Å². The van der Waals surface area contributed by atoms with E-state index in [4.69, 9.17) is 5.11 Å². The number of carboxylic acids is 1. The maximum atomic E-state index is 10.7. The minimum Gasteiger partial charge on any atom is -0.478 e. The van der Waals surface area contributed by atoms with E-state index in [9.17, 15) is 9.59 Å². The molecule has 1 heterocycles. The molecule has 0 spiro atoms. The Morgan fingerprint density at radius 3 is 2.20 bits per heavy atom. The van der Waals surface area contributed by atoms with Crippen molar-refractivity contribution in [3.05, 3.63) is 37.6 Å². The van der Waals surface area contributed by atoms with Gasteiger partial charge in [0.1, 0.15) is 0 Å². The lowest BCUT2D eigenvalue weighted by molar-refractivity contribution is -0.132. The van der Waals surface area contributed by atoms with E-state index in [0.29, 0.717) is 6.42 Å². The predicted octanol–water partition coefficient (Wildman–Crippen LogP) is 1.57. The van der Waals surface area contributed by atoms with Gasteiger partial charge in [-0.05, 0) is 12.6 Å². The molecule has 0 unspecified atom stereocenters. The molecule has 0 bridgehead atoms. The van der Waals surface area contributed by atoms with Crippen LogP contribution in [0.3, 0.4) is 0 Å². The predicted molar refractivity (Wildman–Crippen MR) is 58.1 cm³/mol. The number of hydrogen-bond donors (Lipinski definition) is 1. The molecule has 0 aliphatic carbocycles. The highest BCUT2D eigenvalue weighted by molar-refractivity contribution is 5.88. The van der Waals surface area contributed by atoms with Crippen molar-refractivity contribution in [3.63, 3.8) is 0 Å². The number of likely N-dealkylation sites (tertiary alicyclic amines) is 1. The Bertz CT molecular complexity index is 294. The number of carbonyl (C=O) groups excluding carboxylic acids is 1. The van der Waals surface area contributed by atoms with E-state index in [1.165, 1.54) is 6.08 Å². The summed E-state index contributed by atoms with van der Waals surface area (Å²) in [5.41, 5.74) is 0.0278. The SMILES string of the molecule is C=CC(=C)C(=O)O.C=CN1CCCC1=O. The third-order valence-electron chi connectivity index (χ3n) is 1.85. The molecule has 82 valence electrons. The Hall–Kier alpha value is -1.84. The average molecular weight is 209 g/mol. The quantitative estimate of drug-likeness (QED) is 0.567. The summed E-state index contributed by atoms with van der Waals surface area (Å²) in [6.45, 7) is 10.7. The van der Waals surface area contributed by atoms with Gasteiger partial charge in [-0.3, -0.25) is 4.79 Å².